The van der Waals surface area contributed by atoms with Crippen LogP contribution in [0.15, 0.2) is 47.2 Å². The van der Waals surface area contributed by atoms with Crippen LogP contribution in [0.5, 0.6) is 0 Å². The minimum Gasteiger partial charge on any atom is -0.184 e. The lowest BCUT2D eigenvalue weighted by atomic mass is 10.1. The summed E-state index contributed by atoms with van der Waals surface area (Å²) in [6.07, 6.45) is 0. The minimum absolute atomic E-state index is 0.782. The molecule has 3 rings (SSSR count). The summed E-state index contributed by atoms with van der Waals surface area (Å²) in [7, 11) is 0. The first-order valence-corrected chi connectivity index (χ1v) is 6.86. The maximum Gasteiger partial charge on any atom is 0.121 e. The lowest BCUT2D eigenvalue weighted by Gasteiger charge is -1.97. The van der Waals surface area contributed by atoms with Gasteiger partial charge in [0, 0.05) is 16.5 Å². The van der Waals surface area contributed by atoms with Crippen molar-refractivity contribution in [3.8, 4) is 22.5 Å². The first-order chi connectivity index (χ1) is 8.88. The Balaban J connectivity index is 2.17. The summed E-state index contributed by atoms with van der Waals surface area (Å²) in [6, 6.07) is 12.3. The quantitative estimate of drug-likeness (QED) is 0.714. The van der Waals surface area contributed by atoms with Gasteiger partial charge in [0.2, 0.25) is 0 Å². The molecule has 4 heteroatoms. The molecule has 0 fully saturated rings. The molecule has 0 aliphatic rings. The van der Waals surface area contributed by atoms with E-state index in [4.69, 9.17) is 0 Å². The maximum absolute atomic E-state index is 4.57. The molecule has 3 nitrogen and oxygen atoms in total. The van der Waals surface area contributed by atoms with E-state index in [2.05, 4.69) is 39.2 Å². The number of thiophene rings is 1. The zero-order chi connectivity index (χ0) is 12.4. The first kappa shape index (κ1) is 11.2. The molecule has 0 spiro atoms. The summed E-state index contributed by atoms with van der Waals surface area (Å²) in [5, 5.41) is 13.3. The van der Waals surface area contributed by atoms with E-state index in [1.165, 1.54) is 0 Å². The van der Waals surface area contributed by atoms with Crippen LogP contribution in [0.3, 0.4) is 0 Å². The van der Waals surface area contributed by atoms with Gasteiger partial charge in [0.25, 0.3) is 0 Å². The van der Waals surface area contributed by atoms with Crippen LogP contribution in [0.25, 0.3) is 22.5 Å². The van der Waals surface area contributed by atoms with Crippen molar-refractivity contribution in [2.24, 2.45) is 0 Å². The molecule has 0 radical (unpaired) electrons. The molecule has 0 bridgehead atoms. The largest absolute Gasteiger partial charge is 0.184 e. The fraction of sp³-hybridized carbons (Fsp3) is 0.143. The summed E-state index contributed by atoms with van der Waals surface area (Å²) in [5.41, 5.74) is 4.16. The molecule has 0 saturated heterocycles. The van der Waals surface area contributed by atoms with E-state index >= 15 is 0 Å². The Labute approximate surface area is 110 Å². The molecule has 0 saturated carbocycles. The Bertz CT molecular complexity index is 626. The van der Waals surface area contributed by atoms with Crippen molar-refractivity contribution in [3.05, 3.63) is 47.2 Å². The second-order valence-corrected chi connectivity index (χ2v) is 4.74. The van der Waals surface area contributed by atoms with Crippen molar-refractivity contribution in [1.29, 1.82) is 0 Å². The van der Waals surface area contributed by atoms with E-state index in [9.17, 15) is 0 Å². The zero-order valence-corrected chi connectivity index (χ0v) is 10.9. The SMILES string of the molecule is CCn1nc(-c2ccccc2)c(-c2ccsc2)n1. The van der Waals surface area contributed by atoms with Gasteiger partial charge >= 0.3 is 0 Å². The van der Waals surface area contributed by atoms with Crippen LogP contribution in [-0.2, 0) is 6.54 Å². The number of hydrogen-bond donors (Lipinski definition) is 0. The van der Waals surface area contributed by atoms with Crippen molar-refractivity contribution >= 4 is 11.3 Å². The van der Waals surface area contributed by atoms with Gasteiger partial charge in [-0.2, -0.15) is 26.3 Å². The van der Waals surface area contributed by atoms with Gasteiger partial charge in [-0.15, -0.1) is 0 Å². The third-order valence-electron chi connectivity index (χ3n) is 2.78. The van der Waals surface area contributed by atoms with Crippen molar-refractivity contribution < 1.29 is 0 Å². The van der Waals surface area contributed by atoms with E-state index in [-0.39, 0.29) is 0 Å². The minimum atomic E-state index is 0.782. The van der Waals surface area contributed by atoms with Crippen LogP contribution in [0.2, 0.25) is 0 Å². The van der Waals surface area contributed by atoms with Crippen molar-refractivity contribution in [2.45, 2.75) is 13.5 Å². The number of benzene rings is 1. The van der Waals surface area contributed by atoms with Gasteiger partial charge in [0.1, 0.15) is 11.4 Å². The number of hydrogen-bond acceptors (Lipinski definition) is 3. The second-order valence-electron chi connectivity index (χ2n) is 3.96. The van der Waals surface area contributed by atoms with Gasteiger partial charge in [-0.25, -0.2) is 0 Å². The van der Waals surface area contributed by atoms with Crippen molar-refractivity contribution in [2.75, 3.05) is 0 Å². The average molecular weight is 255 g/mol. The van der Waals surface area contributed by atoms with Gasteiger partial charge in [-0.3, -0.25) is 0 Å². The van der Waals surface area contributed by atoms with Gasteiger partial charge in [0.15, 0.2) is 0 Å². The Hall–Kier alpha value is -1.94. The smallest absolute Gasteiger partial charge is 0.121 e. The van der Waals surface area contributed by atoms with Crippen LogP contribution >= 0.6 is 11.3 Å². The Morgan fingerprint density at radius 2 is 1.72 bits per heavy atom. The van der Waals surface area contributed by atoms with E-state index in [0.717, 1.165) is 29.1 Å². The molecule has 90 valence electrons. The molecule has 2 heterocycles. The monoisotopic (exact) mass is 255 g/mol. The highest BCUT2D eigenvalue weighted by Gasteiger charge is 2.14. The van der Waals surface area contributed by atoms with Gasteiger partial charge in [-0.1, -0.05) is 30.3 Å². The van der Waals surface area contributed by atoms with E-state index in [0.29, 0.717) is 0 Å². The zero-order valence-electron chi connectivity index (χ0n) is 10.1. The molecular weight excluding hydrogens is 242 g/mol. The predicted octanol–water partition coefficient (Wildman–Crippen LogP) is 3.69. The lowest BCUT2D eigenvalue weighted by Crippen LogP contribution is -1.98. The van der Waals surface area contributed by atoms with E-state index < -0.39 is 0 Å². The molecule has 0 aliphatic heterocycles. The summed E-state index contributed by atoms with van der Waals surface area (Å²) in [4.78, 5) is 1.75. The highest BCUT2D eigenvalue weighted by atomic mass is 32.1. The second kappa shape index (κ2) is 4.74. The molecule has 1 aromatic carbocycles. The third-order valence-corrected chi connectivity index (χ3v) is 3.46. The van der Waals surface area contributed by atoms with Crippen LogP contribution in [0.4, 0.5) is 0 Å². The van der Waals surface area contributed by atoms with Crippen LogP contribution in [0.1, 0.15) is 6.92 Å². The molecule has 0 amide bonds. The molecule has 0 atom stereocenters. The fourth-order valence-electron chi connectivity index (χ4n) is 1.87. The average Bonchev–Trinajstić information content (AvgIpc) is 3.08. The first-order valence-electron chi connectivity index (χ1n) is 5.91. The summed E-state index contributed by atoms with van der Waals surface area (Å²) < 4.78 is 0. The summed E-state index contributed by atoms with van der Waals surface area (Å²) >= 11 is 1.68. The van der Waals surface area contributed by atoms with Gasteiger partial charge < -0.3 is 0 Å². The summed E-state index contributed by atoms with van der Waals surface area (Å²) in [5.74, 6) is 0. The number of aryl methyl sites for hydroxylation is 1. The van der Waals surface area contributed by atoms with Crippen LogP contribution < -0.4 is 0 Å². The number of rotatable bonds is 3. The molecule has 0 unspecified atom stereocenters. The highest BCUT2D eigenvalue weighted by Crippen LogP contribution is 2.29. The maximum atomic E-state index is 4.57. The van der Waals surface area contributed by atoms with Gasteiger partial charge in [-0.05, 0) is 18.4 Å². The predicted molar refractivity (Wildman–Crippen MR) is 74.4 cm³/mol. The molecule has 0 N–H and O–H groups in total. The Kier molecular flexibility index (Phi) is 2.94. The highest BCUT2D eigenvalue weighted by molar-refractivity contribution is 7.08. The summed E-state index contributed by atoms with van der Waals surface area (Å²) in [6.45, 7) is 2.83. The van der Waals surface area contributed by atoms with E-state index in [1.54, 1.807) is 16.1 Å². The fourth-order valence-corrected chi connectivity index (χ4v) is 2.51. The molecule has 18 heavy (non-hydrogen) atoms. The van der Waals surface area contributed by atoms with Crippen molar-refractivity contribution in [3.63, 3.8) is 0 Å². The number of nitrogens with zero attached hydrogens (tertiary/aromatic N) is 3. The van der Waals surface area contributed by atoms with Crippen molar-refractivity contribution in [1.82, 2.24) is 15.0 Å². The Morgan fingerprint density at radius 1 is 1.00 bits per heavy atom. The normalized spacial score (nSPS) is 10.7. The lowest BCUT2D eigenvalue weighted by molar-refractivity contribution is 0.572. The Morgan fingerprint density at radius 3 is 2.33 bits per heavy atom. The van der Waals surface area contributed by atoms with Crippen LogP contribution in [0, 0.1) is 0 Å². The third kappa shape index (κ3) is 1.95. The number of aromatic nitrogens is 3. The molecule has 2 aromatic heterocycles. The molecular formula is C14H13N3S. The van der Waals surface area contributed by atoms with Crippen LogP contribution in [-0.4, -0.2) is 15.0 Å². The topological polar surface area (TPSA) is 30.7 Å². The molecule has 0 aliphatic carbocycles. The van der Waals surface area contributed by atoms with Gasteiger partial charge in [0.05, 0.1) is 6.54 Å². The molecule has 3 aromatic rings. The van der Waals surface area contributed by atoms with E-state index in [1.807, 2.05) is 25.1 Å². The standard InChI is InChI=1S/C14H13N3S/c1-2-17-15-13(11-6-4-3-5-7-11)14(16-17)12-8-9-18-10-12/h3-10H,2H2,1H3.